The Morgan fingerprint density at radius 3 is 2.57 bits per heavy atom. The normalized spacial score (nSPS) is 12.6. The Bertz CT molecular complexity index is 609. The minimum atomic E-state index is -4.48. The highest BCUT2D eigenvalue weighted by atomic mass is 32.2. The Hall–Kier alpha value is -1.59. The van der Waals surface area contributed by atoms with Crippen molar-refractivity contribution in [1.82, 2.24) is 9.29 Å². The molecule has 1 aromatic heterocycles. The lowest BCUT2D eigenvalue weighted by Crippen LogP contribution is -2.28. The van der Waals surface area contributed by atoms with Crippen LogP contribution in [-0.2, 0) is 21.8 Å². The molecule has 1 aromatic rings. The van der Waals surface area contributed by atoms with Crippen LogP contribution in [0, 0.1) is 0 Å². The van der Waals surface area contributed by atoms with Crippen molar-refractivity contribution in [1.29, 1.82) is 0 Å². The van der Waals surface area contributed by atoms with E-state index in [0.717, 1.165) is 16.8 Å². The number of hydrogen-bond acceptors (Lipinski definition) is 4. The summed E-state index contributed by atoms with van der Waals surface area (Å²) in [7, 11) is -2.65. The smallest absolute Gasteiger partial charge is 0.411 e. The quantitative estimate of drug-likeness (QED) is 0.713. The van der Waals surface area contributed by atoms with Crippen LogP contribution in [0.25, 0.3) is 0 Å². The molecule has 21 heavy (non-hydrogen) atoms. The summed E-state index contributed by atoms with van der Waals surface area (Å²) in [5.41, 5.74) is -0.233. The molecular weight excluding hydrogens is 317 g/mol. The number of carboxylic acid groups (broad SMARTS) is 1. The van der Waals surface area contributed by atoms with E-state index in [4.69, 9.17) is 5.11 Å². The molecule has 0 bridgehead atoms. The first-order chi connectivity index (χ1) is 9.53. The number of hydrogen-bond donors (Lipinski definition) is 2. The second-order valence-electron chi connectivity index (χ2n) is 4.04. The molecule has 120 valence electrons. The molecule has 1 heterocycles. The second kappa shape index (κ2) is 6.45. The molecule has 1 rings (SSSR count). The minimum Gasteiger partial charge on any atom is -0.477 e. The van der Waals surface area contributed by atoms with Crippen molar-refractivity contribution >= 4 is 16.0 Å². The number of nitrogens with one attached hydrogen (secondary N) is 1. The summed E-state index contributed by atoms with van der Waals surface area (Å²) >= 11 is 0. The maximum Gasteiger partial charge on any atom is 0.411 e. The zero-order chi connectivity index (χ0) is 16.3. The Morgan fingerprint density at radius 1 is 1.48 bits per heavy atom. The first-order valence-corrected chi connectivity index (χ1v) is 7.05. The van der Waals surface area contributed by atoms with Gasteiger partial charge in [0.05, 0.1) is 6.61 Å². The predicted molar refractivity (Wildman–Crippen MR) is 64.4 cm³/mol. The summed E-state index contributed by atoms with van der Waals surface area (Å²) in [4.78, 5) is 10.5. The first-order valence-electron chi connectivity index (χ1n) is 5.57. The van der Waals surface area contributed by atoms with Crippen LogP contribution in [0.15, 0.2) is 17.2 Å². The maximum absolute atomic E-state index is 11.8. The van der Waals surface area contributed by atoms with Gasteiger partial charge in [-0.3, -0.25) is 0 Å². The molecule has 2 N–H and O–H groups in total. The first kappa shape index (κ1) is 17.5. The number of halogens is 3. The highest BCUT2D eigenvalue weighted by molar-refractivity contribution is 7.89. The largest absolute Gasteiger partial charge is 0.477 e. The third-order valence-corrected chi connectivity index (χ3v) is 3.74. The van der Waals surface area contributed by atoms with Crippen LogP contribution in [-0.4, -0.2) is 50.0 Å². The van der Waals surface area contributed by atoms with Crippen LogP contribution >= 0.6 is 0 Å². The second-order valence-corrected chi connectivity index (χ2v) is 5.81. The SMILES string of the molecule is Cn1cc(S(=O)(=O)NCCOCC(F)(F)F)cc1C(=O)O. The number of rotatable bonds is 7. The van der Waals surface area contributed by atoms with Crippen molar-refractivity contribution in [3.63, 3.8) is 0 Å². The number of aromatic nitrogens is 1. The van der Waals surface area contributed by atoms with Gasteiger partial charge < -0.3 is 14.4 Å². The number of nitrogens with zero attached hydrogens (tertiary/aromatic N) is 1. The van der Waals surface area contributed by atoms with Crippen molar-refractivity contribution in [2.75, 3.05) is 19.8 Å². The average Bonchev–Trinajstić information content (AvgIpc) is 2.70. The van der Waals surface area contributed by atoms with E-state index in [1.165, 1.54) is 7.05 Å². The van der Waals surface area contributed by atoms with Crippen LogP contribution in [0.4, 0.5) is 13.2 Å². The molecule has 0 radical (unpaired) electrons. The van der Waals surface area contributed by atoms with E-state index < -0.39 is 35.4 Å². The minimum absolute atomic E-state index is 0.233. The van der Waals surface area contributed by atoms with Crippen LogP contribution in [0.3, 0.4) is 0 Å². The zero-order valence-electron chi connectivity index (χ0n) is 10.8. The lowest BCUT2D eigenvalue weighted by atomic mass is 10.4. The summed E-state index contributed by atoms with van der Waals surface area (Å²) in [6, 6.07) is 0.946. The molecule has 0 aliphatic carbocycles. The Labute approximate surface area is 118 Å². The third-order valence-electron chi connectivity index (χ3n) is 2.31. The number of sulfonamides is 1. The van der Waals surface area contributed by atoms with Gasteiger partial charge in [-0.05, 0) is 6.07 Å². The van der Waals surface area contributed by atoms with E-state index in [1.807, 2.05) is 4.72 Å². The van der Waals surface area contributed by atoms with Crippen LogP contribution in [0.5, 0.6) is 0 Å². The van der Waals surface area contributed by atoms with Crippen molar-refractivity contribution < 1.29 is 36.2 Å². The van der Waals surface area contributed by atoms with Crippen LogP contribution < -0.4 is 4.72 Å². The Balaban J connectivity index is 2.58. The number of carbonyl (C=O) groups is 1. The van der Waals surface area contributed by atoms with Gasteiger partial charge in [-0.15, -0.1) is 0 Å². The van der Waals surface area contributed by atoms with Gasteiger partial charge in [-0.2, -0.15) is 13.2 Å². The number of alkyl halides is 3. The van der Waals surface area contributed by atoms with E-state index in [0.29, 0.717) is 0 Å². The number of aromatic carboxylic acids is 1. The van der Waals surface area contributed by atoms with E-state index in [1.54, 1.807) is 0 Å². The molecule has 0 saturated heterocycles. The fraction of sp³-hybridized carbons (Fsp3) is 0.500. The van der Waals surface area contributed by atoms with E-state index >= 15 is 0 Å². The van der Waals surface area contributed by atoms with Gasteiger partial charge in [0.15, 0.2) is 0 Å². The summed E-state index contributed by atoms with van der Waals surface area (Å²) in [5.74, 6) is -1.30. The molecule has 0 unspecified atom stereocenters. The van der Waals surface area contributed by atoms with E-state index in [2.05, 4.69) is 4.74 Å². The standard InChI is InChI=1S/C10H13F3N2O5S/c1-15-5-7(4-8(15)9(16)17)21(18,19)14-2-3-20-6-10(11,12)13/h4-5,14H,2-3,6H2,1H3,(H,16,17). The maximum atomic E-state index is 11.8. The number of aryl methyl sites for hydroxylation is 1. The molecule has 0 aromatic carbocycles. The van der Waals surface area contributed by atoms with E-state index in [9.17, 15) is 26.4 Å². The van der Waals surface area contributed by atoms with Crippen LogP contribution in [0.2, 0.25) is 0 Å². The van der Waals surface area contributed by atoms with Gasteiger partial charge in [0.1, 0.15) is 17.2 Å². The molecule has 11 heteroatoms. The number of carboxylic acids is 1. The molecule has 0 fully saturated rings. The average molecular weight is 330 g/mol. The topological polar surface area (TPSA) is 97.6 Å². The fourth-order valence-electron chi connectivity index (χ4n) is 1.41. The molecule has 0 aliphatic heterocycles. The van der Waals surface area contributed by atoms with Gasteiger partial charge in [-0.1, -0.05) is 0 Å². The fourth-order valence-corrected chi connectivity index (χ4v) is 2.50. The number of ether oxygens (including phenoxy) is 1. The molecule has 0 spiro atoms. The molecule has 0 aliphatic rings. The summed E-state index contributed by atoms with van der Waals surface area (Å²) < 4.78 is 66.3. The zero-order valence-corrected chi connectivity index (χ0v) is 11.7. The monoisotopic (exact) mass is 330 g/mol. The third kappa shape index (κ3) is 5.36. The Kier molecular flexibility index (Phi) is 5.36. The van der Waals surface area contributed by atoms with Gasteiger partial charge in [0.25, 0.3) is 0 Å². The highest BCUT2D eigenvalue weighted by Gasteiger charge is 2.27. The lowest BCUT2D eigenvalue weighted by molar-refractivity contribution is -0.173. The summed E-state index contributed by atoms with van der Waals surface area (Å²) in [6.07, 6.45) is -3.39. The van der Waals surface area contributed by atoms with Crippen molar-refractivity contribution in [3.05, 3.63) is 18.0 Å². The molecular formula is C10H13F3N2O5S. The predicted octanol–water partition coefficient (Wildman–Crippen LogP) is 0.581. The molecule has 0 amide bonds. The van der Waals surface area contributed by atoms with Crippen molar-refractivity contribution in [2.24, 2.45) is 7.05 Å². The summed E-state index contributed by atoms with van der Waals surface area (Å²) in [5, 5.41) is 8.80. The van der Waals surface area contributed by atoms with Crippen LogP contribution in [0.1, 0.15) is 10.5 Å². The molecule has 7 nitrogen and oxygen atoms in total. The van der Waals surface area contributed by atoms with Crippen molar-refractivity contribution in [3.8, 4) is 0 Å². The molecule has 0 saturated carbocycles. The summed E-state index contributed by atoms with van der Waals surface area (Å²) in [6.45, 7) is -2.30. The van der Waals surface area contributed by atoms with Gasteiger partial charge in [0.2, 0.25) is 10.0 Å². The van der Waals surface area contributed by atoms with E-state index in [-0.39, 0.29) is 17.1 Å². The van der Waals surface area contributed by atoms with Gasteiger partial charge in [0, 0.05) is 19.8 Å². The van der Waals surface area contributed by atoms with Gasteiger partial charge in [-0.25, -0.2) is 17.9 Å². The van der Waals surface area contributed by atoms with Crippen molar-refractivity contribution in [2.45, 2.75) is 11.1 Å². The lowest BCUT2D eigenvalue weighted by Gasteiger charge is -2.08. The highest BCUT2D eigenvalue weighted by Crippen LogP contribution is 2.15. The Morgan fingerprint density at radius 2 is 2.10 bits per heavy atom. The van der Waals surface area contributed by atoms with Gasteiger partial charge >= 0.3 is 12.1 Å². The molecule has 0 atom stereocenters.